The third-order valence-electron chi connectivity index (χ3n) is 1.52. The summed E-state index contributed by atoms with van der Waals surface area (Å²) in [6.45, 7) is 0.915. The summed E-state index contributed by atoms with van der Waals surface area (Å²) in [5.41, 5.74) is 0. The molecule has 1 atom stereocenters. The molecule has 0 heterocycles. The fraction of sp³-hybridized carbons (Fsp3) is 1.00. The zero-order valence-corrected chi connectivity index (χ0v) is 6.56. The number of hydrogen-bond acceptors (Lipinski definition) is 2. The van der Waals surface area contributed by atoms with Crippen molar-refractivity contribution in [3.63, 3.8) is 0 Å². The van der Waals surface area contributed by atoms with E-state index in [1.807, 2.05) is 0 Å². The van der Waals surface area contributed by atoms with Crippen LogP contribution in [0.15, 0.2) is 0 Å². The van der Waals surface area contributed by atoms with E-state index < -0.39 is 18.6 Å². The first-order valence-corrected chi connectivity index (χ1v) is 3.71. The van der Waals surface area contributed by atoms with Crippen LogP contribution < -0.4 is 0 Å². The molecule has 0 aromatic heterocycles. The van der Waals surface area contributed by atoms with Gasteiger partial charge in [0.15, 0.2) is 0 Å². The highest BCUT2D eigenvalue weighted by atomic mass is 19.3. The first-order valence-electron chi connectivity index (χ1n) is 3.71. The van der Waals surface area contributed by atoms with Crippen LogP contribution in [0.3, 0.4) is 0 Å². The maximum absolute atomic E-state index is 12.6. The number of aliphatic hydroxyl groups is 2. The van der Waals surface area contributed by atoms with E-state index in [2.05, 4.69) is 0 Å². The third kappa shape index (κ3) is 3.62. The lowest BCUT2D eigenvalue weighted by atomic mass is 10.1. The van der Waals surface area contributed by atoms with Gasteiger partial charge < -0.3 is 10.2 Å². The molecule has 0 saturated heterocycles. The summed E-state index contributed by atoms with van der Waals surface area (Å²) in [6.07, 6.45) is -1.24. The van der Waals surface area contributed by atoms with Gasteiger partial charge in [-0.1, -0.05) is 13.3 Å². The minimum absolute atomic E-state index is 0.356. The molecule has 2 N–H and O–H groups in total. The quantitative estimate of drug-likeness (QED) is 0.646. The number of aliphatic hydroxyl groups excluding tert-OH is 2. The number of rotatable bonds is 5. The summed E-state index contributed by atoms with van der Waals surface area (Å²) >= 11 is 0. The summed E-state index contributed by atoms with van der Waals surface area (Å²) in [5, 5.41) is 16.9. The predicted octanol–water partition coefficient (Wildman–Crippen LogP) is 1.17. The first-order chi connectivity index (χ1) is 5.04. The highest BCUT2D eigenvalue weighted by Gasteiger charge is 2.36. The molecule has 0 unspecified atom stereocenters. The average molecular weight is 168 g/mol. The maximum atomic E-state index is 12.6. The Bertz CT molecular complexity index is 107. The van der Waals surface area contributed by atoms with Crippen molar-refractivity contribution < 1.29 is 19.0 Å². The van der Waals surface area contributed by atoms with Crippen molar-refractivity contribution in [3.05, 3.63) is 0 Å². The fourth-order valence-electron chi connectivity index (χ4n) is 0.713. The normalized spacial score (nSPS) is 15.0. The molecular formula is C7H14F2O2. The van der Waals surface area contributed by atoms with Gasteiger partial charge in [0.25, 0.3) is 5.92 Å². The number of alkyl halides is 2. The Balaban J connectivity index is 3.77. The van der Waals surface area contributed by atoms with Crippen molar-refractivity contribution in [1.29, 1.82) is 0 Å². The molecule has 0 aromatic rings. The molecule has 0 amide bonds. The van der Waals surface area contributed by atoms with Crippen LogP contribution >= 0.6 is 0 Å². The van der Waals surface area contributed by atoms with Crippen molar-refractivity contribution in [2.45, 2.75) is 38.2 Å². The Morgan fingerprint density at radius 3 is 2.36 bits per heavy atom. The molecule has 11 heavy (non-hydrogen) atoms. The molecule has 0 aliphatic carbocycles. The summed E-state index contributed by atoms with van der Waals surface area (Å²) in [5.74, 6) is -3.13. The molecule has 68 valence electrons. The molecule has 0 aliphatic heterocycles. The van der Waals surface area contributed by atoms with Gasteiger partial charge in [-0.05, 0) is 6.42 Å². The SMILES string of the molecule is CCCCC(F)(F)[C@H](O)CO. The zero-order valence-electron chi connectivity index (χ0n) is 6.56. The molecule has 2 nitrogen and oxygen atoms in total. The highest BCUT2D eigenvalue weighted by Crippen LogP contribution is 2.24. The minimum Gasteiger partial charge on any atom is -0.393 e. The van der Waals surface area contributed by atoms with Gasteiger partial charge in [0.2, 0.25) is 0 Å². The molecular weight excluding hydrogens is 154 g/mol. The Hall–Kier alpha value is -0.220. The molecule has 0 rings (SSSR count). The van der Waals surface area contributed by atoms with E-state index in [1.54, 1.807) is 6.92 Å². The lowest BCUT2D eigenvalue weighted by Crippen LogP contribution is -2.36. The van der Waals surface area contributed by atoms with Gasteiger partial charge in [-0.2, -0.15) is 0 Å². The zero-order chi connectivity index (χ0) is 8.91. The highest BCUT2D eigenvalue weighted by molar-refractivity contribution is 4.74. The van der Waals surface area contributed by atoms with Gasteiger partial charge >= 0.3 is 0 Å². The third-order valence-corrected chi connectivity index (χ3v) is 1.52. The minimum atomic E-state index is -3.13. The summed E-state index contributed by atoms with van der Waals surface area (Å²) in [6, 6.07) is 0. The second-order valence-corrected chi connectivity index (χ2v) is 2.56. The van der Waals surface area contributed by atoms with E-state index in [9.17, 15) is 8.78 Å². The van der Waals surface area contributed by atoms with Crippen LogP contribution in [0.25, 0.3) is 0 Å². The first kappa shape index (κ1) is 10.8. The van der Waals surface area contributed by atoms with Gasteiger partial charge in [-0.3, -0.25) is 0 Å². The van der Waals surface area contributed by atoms with Crippen LogP contribution in [0.5, 0.6) is 0 Å². The van der Waals surface area contributed by atoms with Crippen LogP contribution in [0, 0.1) is 0 Å². The molecule has 0 saturated carbocycles. The van der Waals surface area contributed by atoms with Gasteiger partial charge in [0.1, 0.15) is 6.10 Å². The van der Waals surface area contributed by atoms with E-state index in [0.29, 0.717) is 12.8 Å². The molecule has 0 spiro atoms. The van der Waals surface area contributed by atoms with Crippen LogP contribution in [-0.4, -0.2) is 28.8 Å². The summed E-state index contributed by atoms with van der Waals surface area (Å²) in [4.78, 5) is 0. The Morgan fingerprint density at radius 1 is 1.45 bits per heavy atom. The maximum Gasteiger partial charge on any atom is 0.275 e. The van der Waals surface area contributed by atoms with Crippen molar-refractivity contribution >= 4 is 0 Å². The number of halogens is 2. The lowest BCUT2D eigenvalue weighted by Gasteiger charge is -2.20. The van der Waals surface area contributed by atoms with Crippen LogP contribution in [0.2, 0.25) is 0 Å². The summed E-state index contributed by atoms with van der Waals surface area (Å²) in [7, 11) is 0. The molecule has 0 radical (unpaired) electrons. The standard InChI is InChI=1S/C7H14F2O2/c1-2-3-4-7(8,9)6(11)5-10/h6,10-11H,2-5H2,1H3/t6-/m1/s1. The van der Waals surface area contributed by atoms with Gasteiger partial charge in [0.05, 0.1) is 6.61 Å². The van der Waals surface area contributed by atoms with E-state index >= 15 is 0 Å². The van der Waals surface area contributed by atoms with Gasteiger partial charge in [-0.25, -0.2) is 8.78 Å². The smallest absolute Gasteiger partial charge is 0.275 e. The van der Waals surface area contributed by atoms with E-state index in [0.717, 1.165) is 0 Å². The monoisotopic (exact) mass is 168 g/mol. The predicted molar refractivity (Wildman–Crippen MR) is 37.6 cm³/mol. The van der Waals surface area contributed by atoms with E-state index in [-0.39, 0.29) is 6.42 Å². The second kappa shape index (κ2) is 4.62. The number of unbranched alkanes of at least 4 members (excludes halogenated alkanes) is 1. The van der Waals surface area contributed by atoms with E-state index in [4.69, 9.17) is 10.2 Å². The van der Waals surface area contributed by atoms with Crippen molar-refractivity contribution in [1.82, 2.24) is 0 Å². The fourth-order valence-corrected chi connectivity index (χ4v) is 0.713. The van der Waals surface area contributed by atoms with Gasteiger partial charge in [0, 0.05) is 6.42 Å². The Kier molecular flexibility index (Phi) is 4.52. The Labute approximate surface area is 64.8 Å². The largest absolute Gasteiger partial charge is 0.393 e. The van der Waals surface area contributed by atoms with Crippen molar-refractivity contribution in [2.24, 2.45) is 0 Å². The van der Waals surface area contributed by atoms with Crippen molar-refractivity contribution in [2.75, 3.05) is 6.61 Å². The summed E-state index contributed by atoms with van der Waals surface area (Å²) < 4.78 is 25.2. The average Bonchev–Trinajstić information content (AvgIpc) is 1.99. The van der Waals surface area contributed by atoms with Crippen LogP contribution in [0.1, 0.15) is 26.2 Å². The lowest BCUT2D eigenvalue weighted by molar-refractivity contribution is -0.130. The molecule has 4 heteroatoms. The van der Waals surface area contributed by atoms with E-state index in [1.165, 1.54) is 0 Å². The van der Waals surface area contributed by atoms with Crippen LogP contribution in [0.4, 0.5) is 8.78 Å². The van der Waals surface area contributed by atoms with Gasteiger partial charge in [-0.15, -0.1) is 0 Å². The molecule has 0 aromatic carbocycles. The molecule has 0 aliphatic rings. The van der Waals surface area contributed by atoms with Crippen molar-refractivity contribution in [3.8, 4) is 0 Å². The topological polar surface area (TPSA) is 40.5 Å². The second-order valence-electron chi connectivity index (χ2n) is 2.56. The molecule has 0 bridgehead atoms. The number of hydrogen-bond donors (Lipinski definition) is 2. The van der Waals surface area contributed by atoms with Crippen LogP contribution in [-0.2, 0) is 0 Å². The Morgan fingerprint density at radius 2 is 2.00 bits per heavy atom. The molecule has 0 fully saturated rings.